The van der Waals surface area contributed by atoms with Crippen LogP contribution in [0.3, 0.4) is 0 Å². The second-order valence-electron chi connectivity index (χ2n) is 4.09. The second-order valence-corrected chi connectivity index (χ2v) is 4.50. The first-order valence-corrected chi connectivity index (χ1v) is 5.96. The van der Waals surface area contributed by atoms with E-state index in [1.165, 1.54) is 6.21 Å². The normalized spacial score (nSPS) is 11.6. The maximum atomic E-state index is 8.86. The predicted molar refractivity (Wildman–Crippen MR) is 75.8 cm³/mol. The quantitative estimate of drug-likeness (QED) is 0.296. The van der Waals surface area contributed by atoms with Crippen molar-refractivity contribution in [2.24, 2.45) is 5.16 Å². The summed E-state index contributed by atoms with van der Waals surface area (Å²) in [6, 6.07) is 15.8. The van der Waals surface area contributed by atoms with Gasteiger partial charge >= 0.3 is 0 Å². The molecule has 3 aromatic carbocycles. The van der Waals surface area contributed by atoms with Crippen LogP contribution in [0.15, 0.2) is 53.7 Å². The number of oxime groups is 1. The highest BCUT2D eigenvalue weighted by atomic mass is 35.5. The molecule has 0 fully saturated rings. The van der Waals surface area contributed by atoms with E-state index in [1.807, 2.05) is 42.5 Å². The first kappa shape index (κ1) is 11.1. The van der Waals surface area contributed by atoms with Crippen molar-refractivity contribution in [3.8, 4) is 0 Å². The Morgan fingerprint density at radius 2 is 1.78 bits per heavy atom. The molecule has 0 aliphatic heterocycles. The zero-order valence-electron chi connectivity index (χ0n) is 9.47. The number of fused-ring (bicyclic) bond motifs is 2. The fourth-order valence-corrected chi connectivity index (χ4v) is 2.59. The Labute approximate surface area is 109 Å². The lowest BCUT2D eigenvalue weighted by atomic mass is 9.97. The molecule has 0 saturated carbocycles. The molecule has 3 rings (SSSR count). The minimum Gasteiger partial charge on any atom is -0.411 e. The van der Waals surface area contributed by atoms with Crippen molar-refractivity contribution in [2.75, 3.05) is 0 Å². The van der Waals surface area contributed by atoms with Crippen LogP contribution >= 0.6 is 11.6 Å². The number of rotatable bonds is 1. The van der Waals surface area contributed by atoms with E-state index >= 15 is 0 Å². The Morgan fingerprint density at radius 1 is 1.00 bits per heavy atom. The van der Waals surface area contributed by atoms with Crippen molar-refractivity contribution >= 4 is 39.4 Å². The lowest BCUT2D eigenvalue weighted by Gasteiger charge is -2.08. The molecule has 0 aliphatic carbocycles. The zero-order valence-corrected chi connectivity index (χ0v) is 10.2. The highest BCUT2D eigenvalue weighted by molar-refractivity contribution is 6.37. The van der Waals surface area contributed by atoms with Gasteiger partial charge in [-0.2, -0.15) is 0 Å². The van der Waals surface area contributed by atoms with Crippen molar-refractivity contribution in [2.45, 2.75) is 0 Å². The Hall–Kier alpha value is -2.06. The molecule has 2 nitrogen and oxygen atoms in total. The third kappa shape index (κ3) is 1.62. The third-order valence-electron chi connectivity index (χ3n) is 3.06. The van der Waals surface area contributed by atoms with E-state index in [-0.39, 0.29) is 0 Å². The summed E-state index contributed by atoms with van der Waals surface area (Å²) in [6.07, 6.45) is 1.44. The van der Waals surface area contributed by atoms with Gasteiger partial charge in [0.1, 0.15) is 0 Å². The fraction of sp³-hybridized carbons (Fsp3) is 0. The van der Waals surface area contributed by atoms with Crippen LogP contribution in [0.25, 0.3) is 21.5 Å². The van der Waals surface area contributed by atoms with Crippen molar-refractivity contribution in [1.82, 2.24) is 0 Å². The van der Waals surface area contributed by atoms with Gasteiger partial charge in [0.2, 0.25) is 0 Å². The molecule has 18 heavy (non-hydrogen) atoms. The van der Waals surface area contributed by atoms with Gasteiger partial charge in [-0.3, -0.25) is 0 Å². The number of benzene rings is 3. The second kappa shape index (κ2) is 4.31. The topological polar surface area (TPSA) is 32.6 Å². The summed E-state index contributed by atoms with van der Waals surface area (Å²) < 4.78 is 0. The molecule has 0 unspecified atom stereocenters. The van der Waals surface area contributed by atoms with E-state index in [0.29, 0.717) is 5.02 Å². The Morgan fingerprint density at radius 3 is 2.61 bits per heavy atom. The SMILES string of the molecule is O/N=C/c1c2ccccc2cc2cccc(Cl)c12. The van der Waals surface area contributed by atoms with Crippen molar-refractivity contribution in [3.05, 3.63) is 59.1 Å². The minimum absolute atomic E-state index is 0.660. The van der Waals surface area contributed by atoms with E-state index in [1.54, 1.807) is 0 Å². The highest BCUT2D eigenvalue weighted by Gasteiger charge is 2.08. The van der Waals surface area contributed by atoms with Gasteiger partial charge in [-0.25, -0.2) is 0 Å². The maximum absolute atomic E-state index is 8.86. The monoisotopic (exact) mass is 255 g/mol. The maximum Gasteiger partial charge on any atom is 0.0746 e. The minimum atomic E-state index is 0.660. The Kier molecular flexibility index (Phi) is 2.65. The number of nitrogens with zero attached hydrogens (tertiary/aromatic N) is 1. The van der Waals surface area contributed by atoms with Gasteiger partial charge in [0.15, 0.2) is 0 Å². The summed E-state index contributed by atoms with van der Waals surface area (Å²) in [4.78, 5) is 0. The molecule has 0 spiro atoms. The molecular formula is C15H10ClNO. The van der Waals surface area contributed by atoms with Crippen LogP contribution in [0.5, 0.6) is 0 Å². The summed E-state index contributed by atoms with van der Waals surface area (Å²) in [6.45, 7) is 0. The molecule has 0 aliphatic rings. The average Bonchev–Trinajstić information content (AvgIpc) is 2.39. The highest BCUT2D eigenvalue weighted by Crippen LogP contribution is 2.32. The van der Waals surface area contributed by atoms with E-state index in [0.717, 1.165) is 27.1 Å². The van der Waals surface area contributed by atoms with Gasteiger partial charge in [0.05, 0.1) is 6.21 Å². The van der Waals surface area contributed by atoms with Gasteiger partial charge < -0.3 is 5.21 Å². The van der Waals surface area contributed by atoms with Crippen LogP contribution in [-0.2, 0) is 0 Å². The standard InChI is InChI=1S/C15H10ClNO/c16-14-7-3-5-11-8-10-4-1-2-6-12(10)13(9-17-18)15(11)14/h1-9,18H/b17-9+. The largest absolute Gasteiger partial charge is 0.411 e. The van der Waals surface area contributed by atoms with E-state index in [4.69, 9.17) is 16.8 Å². The smallest absolute Gasteiger partial charge is 0.0746 e. The van der Waals surface area contributed by atoms with Crippen LogP contribution in [0.1, 0.15) is 5.56 Å². The van der Waals surface area contributed by atoms with Gasteiger partial charge in [0.25, 0.3) is 0 Å². The molecule has 1 N–H and O–H groups in total. The third-order valence-corrected chi connectivity index (χ3v) is 3.38. The van der Waals surface area contributed by atoms with Crippen LogP contribution in [0.2, 0.25) is 5.02 Å². The summed E-state index contributed by atoms with van der Waals surface area (Å²) in [5.74, 6) is 0. The fourth-order valence-electron chi connectivity index (χ4n) is 2.31. The molecule has 88 valence electrons. The van der Waals surface area contributed by atoms with E-state index < -0.39 is 0 Å². The van der Waals surface area contributed by atoms with Crippen LogP contribution in [0.4, 0.5) is 0 Å². The molecular weight excluding hydrogens is 246 g/mol. The van der Waals surface area contributed by atoms with Gasteiger partial charge in [-0.05, 0) is 28.3 Å². The van der Waals surface area contributed by atoms with Crippen molar-refractivity contribution < 1.29 is 5.21 Å². The molecule has 0 heterocycles. The summed E-state index contributed by atoms with van der Waals surface area (Å²) in [5.41, 5.74) is 0.844. The van der Waals surface area contributed by atoms with Crippen LogP contribution < -0.4 is 0 Å². The van der Waals surface area contributed by atoms with Gasteiger partial charge in [-0.1, -0.05) is 53.2 Å². The first-order valence-electron chi connectivity index (χ1n) is 5.58. The summed E-state index contributed by atoms with van der Waals surface area (Å²) in [7, 11) is 0. The Bertz CT molecular complexity index is 765. The molecule has 0 radical (unpaired) electrons. The molecule has 0 aromatic heterocycles. The lowest BCUT2D eigenvalue weighted by molar-refractivity contribution is 0.322. The number of hydrogen-bond acceptors (Lipinski definition) is 2. The average molecular weight is 256 g/mol. The molecule has 3 aromatic rings. The number of hydrogen-bond donors (Lipinski definition) is 1. The van der Waals surface area contributed by atoms with E-state index in [2.05, 4.69) is 11.2 Å². The molecule has 0 amide bonds. The molecule has 0 saturated heterocycles. The van der Waals surface area contributed by atoms with Crippen molar-refractivity contribution in [3.63, 3.8) is 0 Å². The van der Waals surface area contributed by atoms with Gasteiger partial charge in [0, 0.05) is 16.0 Å². The predicted octanol–water partition coefficient (Wildman–Crippen LogP) is 4.45. The number of halogens is 1. The summed E-state index contributed by atoms with van der Waals surface area (Å²) >= 11 is 6.26. The lowest BCUT2D eigenvalue weighted by Crippen LogP contribution is -1.89. The molecule has 0 bridgehead atoms. The Balaban J connectivity index is 2.60. The van der Waals surface area contributed by atoms with Crippen molar-refractivity contribution in [1.29, 1.82) is 0 Å². The van der Waals surface area contributed by atoms with E-state index in [9.17, 15) is 0 Å². The zero-order chi connectivity index (χ0) is 12.5. The van der Waals surface area contributed by atoms with Crippen LogP contribution in [0, 0.1) is 0 Å². The molecule has 3 heteroatoms. The summed E-state index contributed by atoms with van der Waals surface area (Å²) in [5, 5.41) is 16.8. The first-order chi connectivity index (χ1) is 8.81. The molecule has 0 atom stereocenters. The van der Waals surface area contributed by atoms with Crippen LogP contribution in [-0.4, -0.2) is 11.4 Å². The van der Waals surface area contributed by atoms with Gasteiger partial charge in [-0.15, -0.1) is 0 Å².